The van der Waals surface area contributed by atoms with Crippen molar-refractivity contribution >= 4 is 17.3 Å². The molecule has 1 aromatic carbocycles. The third-order valence-electron chi connectivity index (χ3n) is 4.20. The first kappa shape index (κ1) is 13.4. The van der Waals surface area contributed by atoms with Gasteiger partial charge in [-0.05, 0) is 39.1 Å². The fourth-order valence-electron chi connectivity index (χ4n) is 3.24. The molecule has 2 atom stereocenters. The van der Waals surface area contributed by atoms with Crippen LogP contribution in [0.3, 0.4) is 0 Å². The minimum absolute atomic E-state index is 0.108. The van der Waals surface area contributed by atoms with E-state index < -0.39 is 6.04 Å². The summed E-state index contributed by atoms with van der Waals surface area (Å²) in [5.74, 6) is -0.108. The molecule has 5 heteroatoms. The molecule has 0 saturated carbocycles. The monoisotopic (exact) mass is 274 g/mol. The summed E-state index contributed by atoms with van der Waals surface area (Å²) in [5.41, 5.74) is 8.81. The van der Waals surface area contributed by atoms with Crippen LogP contribution in [-0.4, -0.2) is 44.0 Å². The number of nitrogens with zero attached hydrogens (tertiary/aromatic N) is 2. The van der Waals surface area contributed by atoms with Gasteiger partial charge in [-0.15, -0.1) is 0 Å². The van der Waals surface area contributed by atoms with Crippen LogP contribution in [0.2, 0.25) is 0 Å². The second kappa shape index (κ2) is 5.07. The van der Waals surface area contributed by atoms with Crippen molar-refractivity contribution in [3.8, 4) is 0 Å². The van der Waals surface area contributed by atoms with Crippen molar-refractivity contribution in [1.82, 2.24) is 4.90 Å². The average molecular weight is 274 g/mol. The van der Waals surface area contributed by atoms with E-state index >= 15 is 0 Å². The van der Waals surface area contributed by atoms with Gasteiger partial charge in [-0.25, -0.2) is 0 Å². The van der Waals surface area contributed by atoms with Gasteiger partial charge in [0.15, 0.2) is 0 Å². The molecule has 0 bridgehead atoms. The van der Waals surface area contributed by atoms with Gasteiger partial charge in [0.2, 0.25) is 5.91 Å². The van der Waals surface area contributed by atoms with E-state index in [0.717, 1.165) is 24.3 Å². The molecule has 1 fully saturated rings. The summed E-state index contributed by atoms with van der Waals surface area (Å²) in [7, 11) is 4.22. The lowest BCUT2D eigenvalue weighted by atomic mass is 10.1. The molecular weight excluding hydrogens is 252 g/mol. The van der Waals surface area contributed by atoms with Gasteiger partial charge in [0.25, 0.3) is 0 Å². The Morgan fingerprint density at radius 3 is 3.00 bits per heavy atom. The lowest BCUT2D eigenvalue weighted by molar-refractivity contribution is -0.116. The van der Waals surface area contributed by atoms with Crippen molar-refractivity contribution in [3.05, 3.63) is 23.8 Å². The highest BCUT2D eigenvalue weighted by molar-refractivity contribution is 6.03. The molecular formula is C15H22N4O. The van der Waals surface area contributed by atoms with Gasteiger partial charge >= 0.3 is 0 Å². The van der Waals surface area contributed by atoms with Crippen LogP contribution in [0.4, 0.5) is 11.4 Å². The molecule has 0 spiro atoms. The zero-order chi connectivity index (χ0) is 14.3. The third kappa shape index (κ3) is 2.27. The fourth-order valence-corrected chi connectivity index (χ4v) is 3.24. The first-order chi connectivity index (χ1) is 9.56. The molecule has 2 aliphatic rings. The maximum Gasteiger partial charge on any atom is 0.245 e. The Bertz CT molecular complexity index is 529. The molecule has 1 saturated heterocycles. The lowest BCUT2D eigenvalue weighted by Crippen LogP contribution is -2.37. The smallest absolute Gasteiger partial charge is 0.245 e. The fraction of sp³-hybridized carbons (Fsp3) is 0.533. The predicted molar refractivity (Wildman–Crippen MR) is 80.9 cm³/mol. The number of rotatable bonds is 3. The number of fused-ring (bicyclic) bond motifs is 1. The van der Waals surface area contributed by atoms with E-state index in [9.17, 15) is 4.79 Å². The minimum Gasteiger partial charge on any atom is -0.367 e. The maximum absolute atomic E-state index is 11.6. The average Bonchev–Trinajstić information content (AvgIpc) is 2.95. The lowest BCUT2D eigenvalue weighted by Gasteiger charge is -2.29. The van der Waals surface area contributed by atoms with Crippen LogP contribution in [0.5, 0.6) is 0 Å². The van der Waals surface area contributed by atoms with Crippen LogP contribution >= 0.6 is 0 Å². The topological polar surface area (TPSA) is 61.6 Å². The van der Waals surface area contributed by atoms with Gasteiger partial charge in [-0.2, -0.15) is 0 Å². The second-order valence-corrected chi connectivity index (χ2v) is 5.99. The van der Waals surface area contributed by atoms with Crippen molar-refractivity contribution in [1.29, 1.82) is 0 Å². The molecule has 0 radical (unpaired) electrons. The minimum atomic E-state index is -0.518. The van der Waals surface area contributed by atoms with Gasteiger partial charge in [-0.3, -0.25) is 4.79 Å². The number of hydrogen-bond donors (Lipinski definition) is 2. The maximum atomic E-state index is 11.6. The summed E-state index contributed by atoms with van der Waals surface area (Å²) >= 11 is 0. The van der Waals surface area contributed by atoms with E-state index in [1.54, 1.807) is 0 Å². The van der Waals surface area contributed by atoms with Crippen molar-refractivity contribution in [2.24, 2.45) is 5.73 Å². The molecule has 5 nitrogen and oxygen atoms in total. The highest BCUT2D eigenvalue weighted by Gasteiger charge is 2.30. The standard InChI is InChI=1S/C15H22N4O/c1-18(2)9-11-4-3-7-19(11)10-5-6-12-13(8-10)17-15(20)14(12)16/h5-6,8,11,14H,3-4,7,9,16H2,1-2H3,(H,17,20). The normalized spacial score (nSPS) is 25.2. The number of likely N-dealkylation sites (N-methyl/N-ethyl adjacent to an activating group) is 1. The number of carbonyl (C=O) groups excluding carboxylic acids is 1. The van der Waals surface area contributed by atoms with E-state index in [4.69, 9.17) is 5.73 Å². The van der Waals surface area contributed by atoms with E-state index in [2.05, 4.69) is 41.3 Å². The number of anilines is 2. The van der Waals surface area contributed by atoms with E-state index in [-0.39, 0.29) is 5.91 Å². The van der Waals surface area contributed by atoms with Gasteiger partial charge in [0, 0.05) is 36.1 Å². The highest BCUT2D eigenvalue weighted by atomic mass is 16.2. The molecule has 3 rings (SSSR count). The molecule has 20 heavy (non-hydrogen) atoms. The number of carbonyl (C=O) groups is 1. The van der Waals surface area contributed by atoms with E-state index in [1.165, 1.54) is 18.5 Å². The summed E-state index contributed by atoms with van der Waals surface area (Å²) in [4.78, 5) is 16.3. The summed E-state index contributed by atoms with van der Waals surface area (Å²) in [6.45, 7) is 2.14. The molecule has 2 heterocycles. The van der Waals surface area contributed by atoms with Crippen LogP contribution < -0.4 is 16.0 Å². The Morgan fingerprint density at radius 2 is 2.25 bits per heavy atom. The largest absolute Gasteiger partial charge is 0.367 e. The third-order valence-corrected chi connectivity index (χ3v) is 4.20. The molecule has 108 valence electrons. The second-order valence-electron chi connectivity index (χ2n) is 5.99. The highest BCUT2D eigenvalue weighted by Crippen LogP contribution is 2.35. The molecule has 0 aliphatic carbocycles. The molecule has 0 aromatic heterocycles. The van der Waals surface area contributed by atoms with Gasteiger partial charge in [0.05, 0.1) is 0 Å². The SMILES string of the molecule is CN(C)CC1CCCN1c1ccc2c(c1)NC(=O)C2N. The van der Waals surface area contributed by atoms with Gasteiger partial charge in [0.1, 0.15) is 6.04 Å². The zero-order valence-corrected chi connectivity index (χ0v) is 12.1. The first-order valence-electron chi connectivity index (χ1n) is 7.18. The van der Waals surface area contributed by atoms with E-state index in [0.29, 0.717) is 6.04 Å². The van der Waals surface area contributed by atoms with Crippen molar-refractivity contribution in [2.45, 2.75) is 24.9 Å². The number of benzene rings is 1. The van der Waals surface area contributed by atoms with Crippen LogP contribution in [0.1, 0.15) is 24.4 Å². The van der Waals surface area contributed by atoms with Crippen LogP contribution in [0, 0.1) is 0 Å². The Hall–Kier alpha value is -1.59. The number of amides is 1. The predicted octanol–water partition coefficient (Wildman–Crippen LogP) is 1.17. The Kier molecular flexibility index (Phi) is 3.40. The Morgan fingerprint density at radius 1 is 1.45 bits per heavy atom. The molecule has 1 amide bonds. The van der Waals surface area contributed by atoms with Crippen LogP contribution in [0.15, 0.2) is 18.2 Å². The number of nitrogens with two attached hydrogens (primary N) is 1. The quantitative estimate of drug-likeness (QED) is 0.868. The Balaban J connectivity index is 1.85. The molecule has 2 unspecified atom stereocenters. The van der Waals surface area contributed by atoms with Crippen molar-refractivity contribution in [2.75, 3.05) is 37.4 Å². The van der Waals surface area contributed by atoms with Crippen molar-refractivity contribution in [3.63, 3.8) is 0 Å². The number of nitrogens with one attached hydrogen (secondary N) is 1. The summed E-state index contributed by atoms with van der Waals surface area (Å²) < 4.78 is 0. The first-order valence-corrected chi connectivity index (χ1v) is 7.18. The summed E-state index contributed by atoms with van der Waals surface area (Å²) in [5, 5.41) is 2.87. The van der Waals surface area contributed by atoms with E-state index in [1.807, 2.05) is 6.07 Å². The zero-order valence-electron chi connectivity index (χ0n) is 12.1. The molecule has 3 N–H and O–H groups in total. The van der Waals surface area contributed by atoms with Crippen LogP contribution in [-0.2, 0) is 4.79 Å². The summed E-state index contributed by atoms with van der Waals surface area (Å²) in [6.07, 6.45) is 2.45. The van der Waals surface area contributed by atoms with Gasteiger partial charge < -0.3 is 20.9 Å². The summed E-state index contributed by atoms with van der Waals surface area (Å²) in [6, 6.07) is 6.17. The van der Waals surface area contributed by atoms with Crippen LogP contribution in [0.25, 0.3) is 0 Å². The van der Waals surface area contributed by atoms with Gasteiger partial charge in [-0.1, -0.05) is 6.07 Å². The molecule has 2 aliphatic heterocycles. The molecule has 1 aromatic rings. The number of hydrogen-bond acceptors (Lipinski definition) is 4. The Labute approximate surface area is 119 Å². The van der Waals surface area contributed by atoms with Crippen molar-refractivity contribution < 1.29 is 4.79 Å².